The topological polar surface area (TPSA) is 61.0 Å². The number of aryl methyl sites for hydroxylation is 1. The average molecular weight is 209 g/mol. The summed E-state index contributed by atoms with van der Waals surface area (Å²) in [6, 6.07) is 0. The second kappa shape index (κ2) is 4.14. The van der Waals surface area contributed by atoms with Gasteiger partial charge in [-0.05, 0) is 27.2 Å². The molecule has 0 unspecified atom stereocenters. The molecule has 1 rings (SSSR count). The van der Waals surface area contributed by atoms with Crippen LogP contribution in [0.1, 0.15) is 37.9 Å². The smallest absolute Gasteiger partial charge is 0.162 e. The Morgan fingerprint density at radius 2 is 1.93 bits per heavy atom. The Morgan fingerprint density at radius 1 is 1.33 bits per heavy atom. The summed E-state index contributed by atoms with van der Waals surface area (Å²) in [5.74, 6) is 1.20. The van der Waals surface area contributed by atoms with Crippen molar-refractivity contribution >= 4 is 5.82 Å². The van der Waals surface area contributed by atoms with Gasteiger partial charge in [-0.2, -0.15) is 0 Å². The van der Waals surface area contributed by atoms with E-state index < -0.39 is 5.60 Å². The first kappa shape index (κ1) is 11.9. The Hall–Kier alpha value is -1.16. The van der Waals surface area contributed by atoms with Crippen LogP contribution in [-0.2, 0) is 16.8 Å². The number of hydrogen-bond acceptors (Lipinski definition) is 4. The lowest BCUT2D eigenvalue weighted by molar-refractivity contribution is 0.0114. The van der Waals surface area contributed by atoms with E-state index in [2.05, 4.69) is 9.97 Å². The summed E-state index contributed by atoms with van der Waals surface area (Å²) in [4.78, 5) is 8.72. The van der Waals surface area contributed by atoms with Crippen LogP contribution in [0.25, 0.3) is 0 Å². The predicted molar refractivity (Wildman–Crippen MR) is 60.6 cm³/mol. The molecule has 0 atom stereocenters. The summed E-state index contributed by atoms with van der Waals surface area (Å²) in [5, 5.41) is 0. The van der Waals surface area contributed by atoms with Gasteiger partial charge in [-0.3, -0.25) is 0 Å². The number of nitrogens with zero attached hydrogens (tertiary/aromatic N) is 2. The van der Waals surface area contributed by atoms with Crippen molar-refractivity contribution < 1.29 is 4.74 Å². The molecule has 0 aliphatic rings. The van der Waals surface area contributed by atoms with E-state index in [1.807, 2.05) is 27.7 Å². The van der Waals surface area contributed by atoms with Gasteiger partial charge in [0, 0.05) is 18.4 Å². The molecule has 0 saturated heterocycles. The number of methoxy groups -OCH3 is 1. The minimum absolute atomic E-state index is 0.495. The third-order valence-electron chi connectivity index (χ3n) is 2.65. The van der Waals surface area contributed by atoms with Crippen LogP contribution in [-0.4, -0.2) is 17.1 Å². The van der Waals surface area contributed by atoms with Gasteiger partial charge in [0.25, 0.3) is 0 Å². The molecule has 0 aromatic carbocycles. The summed E-state index contributed by atoms with van der Waals surface area (Å²) >= 11 is 0. The van der Waals surface area contributed by atoms with Crippen molar-refractivity contribution in [1.29, 1.82) is 0 Å². The van der Waals surface area contributed by atoms with Crippen LogP contribution in [0.15, 0.2) is 0 Å². The maximum Gasteiger partial charge on any atom is 0.162 e. The highest BCUT2D eigenvalue weighted by Gasteiger charge is 2.24. The number of nitrogens with two attached hydrogens (primary N) is 1. The molecule has 0 saturated carbocycles. The standard InChI is InChI=1S/C11H19N3O/c1-6-8-7(2)13-10(14-9(8)12)11(3,4)15-5/h6H2,1-5H3,(H2,12,13,14). The number of anilines is 1. The van der Waals surface area contributed by atoms with E-state index in [9.17, 15) is 0 Å². The van der Waals surface area contributed by atoms with Gasteiger partial charge in [-0.25, -0.2) is 9.97 Å². The van der Waals surface area contributed by atoms with Crippen LogP contribution in [0.2, 0.25) is 0 Å². The normalized spacial score (nSPS) is 11.8. The zero-order valence-corrected chi connectivity index (χ0v) is 10.1. The first-order chi connectivity index (χ1) is 6.92. The fourth-order valence-corrected chi connectivity index (χ4v) is 1.42. The monoisotopic (exact) mass is 209 g/mol. The van der Waals surface area contributed by atoms with E-state index in [-0.39, 0.29) is 0 Å². The molecule has 0 amide bonds. The summed E-state index contributed by atoms with van der Waals surface area (Å²) in [6.07, 6.45) is 0.853. The van der Waals surface area contributed by atoms with Crippen molar-refractivity contribution in [2.45, 2.75) is 39.7 Å². The van der Waals surface area contributed by atoms with Crippen molar-refractivity contribution in [2.75, 3.05) is 12.8 Å². The molecule has 4 heteroatoms. The summed E-state index contributed by atoms with van der Waals surface area (Å²) < 4.78 is 5.33. The average Bonchev–Trinajstić information content (AvgIpc) is 2.17. The Labute approximate surface area is 90.9 Å². The van der Waals surface area contributed by atoms with Crippen LogP contribution in [0.3, 0.4) is 0 Å². The minimum atomic E-state index is -0.495. The second-order valence-corrected chi connectivity index (χ2v) is 4.06. The van der Waals surface area contributed by atoms with Crippen molar-refractivity contribution in [3.8, 4) is 0 Å². The first-order valence-electron chi connectivity index (χ1n) is 5.11. The zero-order chi connectivity index (χ0) is 11.6. The number of rotatable bonds is 3. The van der Waals surface area contributed by atoms with Gasteiger partial charge < -0.3 is 10.5 Å². The van der Waals surface area contributed by atoms with E-state index in [1.54, 1.807) is 7.11 Å². The third-order valence-corrected chi connectivity index (χ3v) is 2.65. The number of aromatic nitrogens is 2. The molecule has 15 heavy (non-hydrogen) atoms. The second-order valence-electron chi connectivity index (χ2n) is 4.06. The molecule has 1 aromatic rings. The van der Waals surface area contributed by atoms with Crippen LogP contribution >= 0.6 is 0 Å². The molecule has 0 bridgehead atoms. The Bertz CT molecular complexity index is 338. The summed E-state index contributed by atoms with van der Waals surface area (Å²) in [6.45, 7) is 7.84. The minimum Gasteiger partial charge on any atom is -0.383 e. The number of ether oxygens (including phenoxy) is 1. The third kappa shape index (κ3) is 2.26. The van der Waals surface area contributed by atoms with Crippen molar-refractivity contribution in [1.82, 2.24) is 9.97 Å². The van der Waals surface area contributed by atoms with Gasteiger partial charge in [-0.1, -0.05) is 6.92 Å². The van der Waals surface area contributed by atoms with E-state index in [0.717, 1.165) is 17.7 Å². The Kier molecular flexibility index (Phi) is 3.29. The van der Waals surface area contributed by atoms with Gasteiger partial charge in [0.2, 0.25) is 0 Å². The molecule has 0 spiro atoms. The lowest BCUT2D eigenvalue weighted by Crippen LogP contribution is -2.24. The highest BCUT2D eigenvalue weighted by atomic mass is 16.5. The van der Waals surface area contributed by atoms with Gasteiger partial charge in [0.15, 0.2) is 5.82 Å². The Balaban J connectivity index is 3.26. The van der Waals surface area contributed by atoms with Crippen LogP contribution in [0.4, 0.5) is 5.82 Å². The molecule has 2 N–H and O–H groups in total. The van der Waals surface area contributed by atoms with Gasteiger partial charge in [0.05, 0.1) is 0 Å². The van der Waals surface area contributed by atoms with E-state index in [4.69, 9.17) is 10.5 Å². The fourth-order valence-electron chi connectivity index (χ4n) is 1.42. The number of nitrogen functional groups attached to an aromatic ring is 1. The fraction of sp³-hybridized carbons (Fsp3) is 0.636. The molecular weight excluding hydrogens is 190 g/mol. The largest absolute Gasteiger partial charge is 0.383 e. The molecule has 0 fully saturated rings. The molecule has 4 nitrogen and oxygen atoms in total. The van der Waals surface area contributed by atoms with Crippen molar-refractivity contribution in [3.63, 3.8) is 0 Å². The van der Waals surface area contributed by atoms with Crippen LogP contribution in [0.5, 0.6) is 0 Å². The molecule has 0 radical (unpaired) electrons. The summed E-state index contributed by atoms with van der Waals surface area (Å²) in [7, 11) is 1.64. The van der Waals surface area contributed by atoms with Gasteiger partial charge in [-0.15, -0.1) is 0 Å². The molecule has 1 aromatic heterocycles. The lowest BCUT2D eigenvalue weighted by Gasteiger charge is -2.22. The van der Waals surface area contributed by atoms with E-state index in [1.165, 1.54) is 0 Å². The maximum atomic E-state index is 5.88. The van der Waals surface area contributed by atoms with Gasteiger partial charge in [0.1, 0.15) is 11.4 Å². The zero-order valence-electron chi connectivity index (χ0n) is 10.1. The molecule has 0 aliphatic carbocycles. The molecule has 84 valence electrons. The summed E-state index contributed by atoms with van der Waals surface area (Å²) in [5.41, 5.74) is 7.34. The lowest BCUT2D eigenvalue weighted by atomic mass is 10.1. The van der Waals surface area contributed by atoms with E-state index >= 15 is 0 Å². The predicted octanol–water partition coefficient (Wildman–Crippen LogP) is 1.81. The highest BCUT2D eigenvalue weighted by molar-refractivity contribution is 5.42. The number of hydrogen-bond donors (Lipinski definition) is 1. The quantitative estimate of drug-likeness (QED) is 0.824. The first-order valence-corrected chi connectivity index (χ1v) is 5.11. The van der Waals surface area contributed by atoms with Gasteiger partial charge >= 0.3 is 0 Å². The van der Waals surface area contributed by atoms with Crippen LogP contribution < -0.4 is 5.73 Å². The van der Waals surface area contributed by atoms with E-state index in [0.29, 0.717) is 11.6 Å². The molecular formula is C11H19N3O. The molecule has 1 heterocycles. The highest BCUT2D eigenvalue weighted by Crippen LogP contribution is 2.23. The maximum absolute atomic E-state index is 5.88. The Morgan fingerprint density at radius 3 is 2.33 bits per heavy atom. The van der Waals surface area contributed by atoms with Crippen LogP contribution in [0, 0.1) is 6.92 Å². The molecule has 0 aliphatic heterocycles. The van der Waals surface area contributed by atoms with Crippen molar-refractivity contribution in [2.24, 2.45) is 0 Å². The SMILES string of the molecule is CCc1c(C)nc(C(C)(C)OC)nc1N. The van der Waals surface area contributed by atoms with Crippen molar-refractivity contribution in [3.05, 3.63) is 17.1 Å².